The van der Waals surface area contributed by atoms with Crippen LogP contribution in [0.5, 0.6) is 0 Å². The first-order valence-corrected chi connectivity index (χ1v) is 9.38. The summed E-state index contributed by atoms with van der Waals surface area (Å²) in [5, 5.41) is 2.58. The van der Waals surface area contributed by atoms with Crippen molar-refractivity contribution in [2.75, 3.05) is 17.6 Å². The Morgan fingerprint density at radius 2 is 1.81 bits per heavy atom. The average molecular weight is 380 g/mol. The number of alkyl halides is 3. The van der Waals surface area contributed by atoms with E-state index < -0.39 is 11.7 Å². The van der Waals surface area contributed by atoms with Crippen LogP contribution in [0.25, 0.3) is 0 Å². The molecule has 0 unspecified atom stereocenters. The topological polar surface area (TPSA) is 32.3 Å². The van der Waals surface area contributed by atoms with Crippen LogP contribution < -0.4 is 5.32 Å². The SMILES string of the molecule is CCc1ccc(NC(=O)N2CCS[C@H]2c2ccc(C(F)(F)F)cc2)cc1. The summed E-state index contributed by atoms with van der Waals surface area (Å²) in [5.74, 6) is 0.744. The number of nitrogens with zero attached hydrogens (tertiary/aromatic N) is 1. The zero-order valence-corrected chi connectivity index (χ0v) is 15.0. The second-order valence-corrected chi connectivity index (χ2v) is 7.21. The van der Waals surface area contributed by atoms with Gasteiger partial charge in [0.15, 0.2) is 0 Å². The summed E-state index contributed by atoms with van der Waals surface area (Å²) in [5.41, 5.74) is 1.89. The van der Waals surface area contributed by atoms with Gasteiger partial charge in [-0.15, -0.1) is 11.8 Å². The van der Waals surface area contributed by atoms with Crippen molar-refractivity contribution in [3.8, 4) is 0 Å². The lowest BCUT2D eigenvalue weighted by molar-refractivity contribution is -0.137. The molecule has 0 radical (unpaired) electrons. The Kier molecular flexibility index (Phi) is 5.46. The number of rotatable bonds is 3. The average Bonchev–Trinajstić information content (AvgIpc) is 3.11. The van der Waals surface area contributed by atoms with E-state index in [1.54, 1.807) is 16.7 Å². The third-order valence-electron chi connectivity index (χ3n) is 4.29. The minimum atomic E-state index is -4.36. The van der Waals surface area contributed by atoms with Crippen molar-refractivity contribution in [2.24, 2.45) is 0 Å². The van der Waals surface area contributed by atoms with Crippen LogP contribution in [0.4, 0.5) is 23.7 Å². The van der Waals surface area contributed by atoms with Gasteiger partial charge in [0.05, 0.1) is 5.56 Å². The van der Waals surface area contributed by atoms with E-state index in [1.807, 2.05) is 24.3 Å². The van der Waals surface area contributed by atoms with Crippen molar-refractivity contribution in [1.82, 2.24) is 4.90 Å². The minimum Gasteiger partial charge on any atom is -0.308 e. The number of urea groups is 1. The maximum Gasteiger partial charge on any atom is 0.416 e. The number of carbonyl (C=O) groups excluding carboxylic acids is 1. The number of halogens is 3. The predicted octanol–water partition coefficient (Wildman–Crippen LogP) is 5.55. The van der Waals surface area contributed by atoms with E-state index in [0.29, 0.717) is 17.8 Å². The fraction of sp³-hybridized carbons (Fsp3) is 0.316. The molecule has 26 heavy (non-hydrogen) atoms. The van der Waals surface area contributed by atoms with Gasteiger partial charge in [0.1, 0.15) is 5.37 Å². The van der Waals surface area contributed by atoms with E-state index in [0.717, 1.165) is 24.3 Å². The Morgan fingerprint density at radius 3 is 2.38 bits per heavy atom. The first-order chi connectivity index (χ1) is 12.4. The molecule has 1 N–H and O–H groups in total. The molecule has 3 rings (SSSR count). The van der Waals surface area contributed by atoms with Gasteiger partial charge in [-0.3, -0.25) is 0 Å². The fourth-order valence-electron chi connectivity index (χ4n) is 2.81. The quantitative estimate of drug-likeness (QED) is 0.757. The molecule has 1 heterocycles. The van der Waals surface area contributed by atoms with Gasteiger partial charge < -0.3 is 10.2 Å². The molecular formula is C19H19F3N2OS. The highest BCUT2D eigenvalue weighted by Gasteiger charge is 2.33. The predicted molar refractivity (Wildman–Crippen MR) is 98.2 cm³/mol. The monoisotopic (exact) mass is 380 g/mol. The molecule has 0 aromatic heterocycles. The summed E-state index contributed by atoms with van der Waals surface area (Å²) in [7, 11) is 0. The Labute approximate surface area is 154 Å². The number of amides is 2. The van der Waals surface area contributed by atoms with Gasteiger partial charge in [0.25, 0.3) is 0 Å². The van der Waals surface area contributed by atoms with Crippen LogP contribution in [-0.2, 0) is 12.6 Å². The molecule has 1 atom stereocenters. The van der Waals surface area contributed by atoms with Gasteiger partial charge in [-0.05, 0) is 41.8 Å². The molecular weight excluding hydrogens is 361 g/mol. The van der Waals surface area contributed by atoms with Crippen molar-refractivity contribution in [3.63, 3.8) is 0 Å². The lowest BCUT2D eigenvalue weighted by Gasteiger charge is -2.24. The first-order valence-electron chi connectivity index (χ1n) is 8.34. The summed E-state index contributed by atoms with van der Waals surface area (Å²) in [6, 6.07) is 12.4. The summed E-state index contributed by atoms with van der Waals surface area (Å²) >= 11 is 1.55. The highest BCUT2D eigenvalue weighted by molar-refractivity contribution is 7.99. The number of anilines is 1. The highest BCUT2D eigenvalue weighted by atomic mass is 32.2. The largest absolute Gasteiger partial charge is 0.416 e. The fourth-order valence-corrected chi connectivity index (χ4v) is 4.07. The van der Waals surface area contributed by atoms with Gasteiger partial charge in [-0.1, -0.05) is 31.2 Å². The van der Waals surface area contributed by atoms with Crippen molar-refractivity contribution < 1.29 is 18.0 Å². The van der Waals surface area contributed by atoms with Crippen molar-refractivity contribution in [1.29, 1.82) is 0 Å². The van der Waals surface area contributed by atoms with Crippen LogP contribution in [-0.4, -0.2) is 23.2 Å². The number of aryl methyl sites for hydroxylation is 1. The van der Waals surface area contributed by atoms with E-state index in [-0.39, 0.29) is 11.4 Å². The number of hydrogen-bond donors (Lipinski definition) is 1. The van der Waals surface area contributed by atoms with Crippen LogP contribution in [0, 0.1) is 0 Å². The molecule has 2 aromatic carbocycles. The molecule has 3 nitrogen and oxygen atoms in total. The Bertz CT molecular complexity index is 760. The Hall–Kier alpha value is -2.15. The minimum absolute atomic E-state index is 0.246. The lowest BCUT2D eigenvalue weighted by Crippen LogP contribution is -2.34. The smallest absolute Gasteiger partial charge is 0.308 e. The van der Waals surface area contributed by atoms with E-state index in [1.165, 1.54) is 17.7 Å². The van der Waals surface area contributed by atoms with Crippen LogP contribution in [0.15, 0.2) is 48.5 Å². The molecule has 1 saturated heterocycles. The first kappa shape index (κ1) is 18.6. The third kappa shape index (κ3) is 4.15. The zero-order chi connectivity index (χ0) is 18.7. The molecule has 138 valence electrons. The van der Waals surface area contributed by atoms with Crippen LogP contribution in [0.2, 0.25) is 0 Å². The molecule has 2 amide bonds. The molecule has 0 saturated carbocycles. The maximum atomic E-state index is 12.7. The molecule has 0 aliphatic carbocycles. The number of thioether (sulfide) groups is 1. The third-order valence-corrected chi connectivity index (χ3v) is 5.55. The van der Waals surface area contributed by atoms with Crippen LogP contribution in [0.3, 0.4) is 0 Å². The second kappa shape index (κ2) is 7.61. The summed E-state index contributed by atoms with van der Waals surface area (Å²) in [6.07, 6.45) is -3.43. The van der Waals surface area contributed by atoms with E-state index in [2.05, 4.69) is 12.2 Å². The molecule has 1 fully saturated rings. The Balaban J connectivity index is 1.71. The second-order valence-electron chi connectivity index (χ2n) is 6.02. The molecule has 0 bridgehead atoms. The Morgan fingerprint density at radius 1 is 1.15 bits per heavy atom. The van der Waals surface area contributed by atoms with E-state index in [9.17, 15) is 18.0 Å². The summed E-state index contributed by atoms with van der Waals surface area (Å²) in [4.78, 5) is 14.3. The summed E-state index contributed by atoms with van der Waals surface area (Å²) in [6.45, 7) is 2.61. The number of nitrogens with one attached hydrogen (secondary N) is 1. The number of carbonyl (C=O) groups is 1. The van der Waals surface area contributed by atoms with Gasteiger partial charge in [-0.2, -0.15) is 13.2 Å². The molecule has 1 aliphatic heterocycles. The van der Waals surface area contributed by atoms with Crippen molar-refractivity contribution in [2.45, 2.75) is 24.9 Å². The standard InChI is InChI=1S/C19H19F3N2OS/c1-2-13-3-9-16(10-4-13)23-18(25)24-11-12-26-17(24)14-5-7-15(8-6-14)19(20,21)22/h3-10,17H,2,11-12H2,1H3,(H,23,25)/t17-/m0/s1. The molecule has 2 aromatic rings. The highest BCUT2D eigenvalue weighted by Crippen LogP contribution is 2.39. The van der Waals surface area contributed by atoms with E-state index in [4.69, 9.17) is 0 Å². The normalized spacial score (nSPS) is 17.4. The maximum absolute atomic E-state index is 12.7. The molecule has 0 spiro atoms. The van der Waals surface area contributed by atoms with Crippen molar-refractivity contribution in [3.05, 3.63) is 65.2 Å². The van der Waals surface area contributed by atoms with Crippen LogP contribution >= 0.6 is 11.8 Å². The number of benzene rings is 2. The number of hydrogen-bond acceptors (Lipinski definition) is 2. The van der Waals surface area contributed by atoms with Crippen LogP contribution in [0.1, 0.15) is 29.0 Å². The van der Waals surface area contributed by atoms with Gasteiger partial charge in [0.2, 0.25) is 0 Å². The molecule has 7 heteroatoms. The molecule has 1 aliphatic rings. The van der Waals surface area contributed by atoms with Crippen molar-refractivity contribution >= 4 is 23.5 Å². The summed E-state index contributed by atoms with van der Waals surface area (Å²) < 4.78 is 38.2. The lowest BCUT2D eigenvalue weighted by atomic mass is 10.1. The van der Waals surface area contributed by atoms with Gasteiger partial charge in [0, 0.05) is 18.0 Å². The van der Waals surface area contributed by atoms with E-state index >= 15 is 0 Å². The van der Waals surface area contributed by atoms with Gasteiger partial charge in [-0.25, -0.2) is 4.79 Å². The zero-order valence-electron chi connectivity index (χ0n) is 14.2. The van der Waals surface area contributed by atoms with Gasteiger partial charge >= 0.3 is 12.2 Å².